The first kappa shape index (κ1) is 9.96. The highest BCUT2D eigenvalue weighted by molar-refractivity contribution is 5.85. The van der Waals surface area contributed by atoms with Gasteiger partial charge in [-0.3, -0.25) is 5.32 Å². The van der Waals surface area contributed by atoms with E-state index in [1.54, 1.807) is 6.92 Å². The number of urea groups is 1. The molecule has 8 nitrogen and oxygen atoms in total. The molecule has 0 spiro atoms. The van der Waals surface area contributed by atoms with Crippen molar-refractivity contribution in [2.45, 2.75) is 6.92 Å². The lowest BCUT2D eigenvalue weighted by Gasteiger charge is -2.03. The third kappa shape index (κ3) is 2.73. The van der Waals surface area contributed by atoms with Gasteiger partial charge < -0.3 is 16.2 Å². The molecule has 0 aromatic carbocycles. The number of ether oxygens (including phenoxy) is 1. The van der Waals surface area contributed by atoms with Crippen LogP contribution in [0.1, 0.15) is 6.92 Å². The minimum absolute atomic E-state index is 0.0338. The average molecular weight is 198 g/mol. The van der Waals surface area contributed by atoms with Gasteiger partial charge in [0.15, 0.2) is 0 Å². The second-order valence-corrected chi connectivity index (χ2v) is 2.22. The van der Waals surface area contributed by atoms with E-state index < -0.39 is 6.03 Å². The summed E-state index contributed by atoms with van der Waals surface area (Å²) < 4.78 is 4.97. The van der Waals surface area contributed by atoms with E-state index in [2.05, 4.69) is 20.3 Å². The Morgan fingerprint density at radius 3 is 2.79 bits per heavy atom. The maximum Gasteiger partial charge on any atom is 0.323 e. The van der Waals surface area contributed by atoms with Gasteiger partial charge >= 0.3 is 12.0 Å². The van der Waals surface area contributed by atoms with Gasteiger partial charge in [0.1, 0.15) is 0 Å². The first-order valence-corrected chi connectivity index (χ1v) is 3.82. The molecule has 0 aliphatic heterocycles. The Labute approximate surface area is 79.7 Å². The fraction of sp³-hybridized carbons (Fsp3) is 0.333. The lowest BCUT2D eigenvalue weighted by Crippen LogP contribution is -2.21. The van der Waals surface area contributed by atoms with Crippen LogP contribution in [0.2, 0.25) is 0 Å². The topological polar surface area (TPSA) is 129 Å². The highest BCUT2D eigenvalue weighted by atomic mass is 16.5. The van der Waals surface area contributed by atoms with Crippen LogP contribution >= 0.6 is 0 Å². The van der Waals surface area contributed by atoms with E-state index in [-0.39, 0.29) is 17.9 Å². The number of primary amides is 1. The predicted octanol–water partition coefficient (Wildman–Crippen LogP) is -0.657. The van der Waals surface area contributed by atoms with Crippen LogP contribution in [0.3, 0.4) is 0 Å². The van der Waals surface area contributed by atoms with Crippen LogP contribution < -0.4 is 21.5 Å². The zero-order valence-electron chi connectivity index (χ0n) is 7.52. The lowest BCUT2D eigenvalue weighted by atomic mass is 10.8. The minimum Gasteiger partial charge on any atom is -0.464 e. The third-order valence-electron chi connectivity index (χ3n) is 1.14. The molecule has 2 amide bonds. The van der Waals surface area contributed by atoms with Crippen molar-refractivity contribution in [2.75, 3.05) is 17.7 Å². The van der Waals surface area contributed by atoms with E-state index in [4.69, 9.17) is 16.2 Å². The number of nitrogens with zero attached hydrogens (tertiary/aromatic N) is 3. The number of amides is 2. The molecule has 0 saturated carbocycles. The predicted molar refractivity (Wildman–Crippen MR) is 48.6 cm³/mol. The van der Waals surface area contributed by atoms with Gasteiger partial charge in [-0.1, -0.05) is 0 Å². The quantitative estimate of drug-likeness (QED) is 0.591. The molecule has 0 aliphatic carbocycles. The number of anilines is 2. The molecule has 76 valence electrons. The van der Waals surface area contributed by atoms with Crippen LogP contribution in [0.15, 0.2) is 0 Å². The Kier molecular flexibility index (Phi) is 3.00. The van der Waals surface area contributed by atoms with Crippen molar-refractivity contribution in [3.8, 4) is 6.01 Å². The Bertz CT molecular complexity index is 341. The van der Waals surface area contributed by atoms with Gasteiger partial charge in [-0.15, -0.1) is 0 Å². The molecule has 5 N–H and O–H groups in total. The highest BCUT2D eigenvalue weighted by Crippen LogP contribution is 2.07. The molecular formula is C6H10N6O2. The second-order valence-electron chi connectivity index (χ2n) is 2.22. The molecule has 1 heterocycles. The molecule has 1 aromatic rings. The highest BCUT2D eigenvalue weighted by Gasteiger charge is 2.05. The summed E-state index contributed by atoms with van der Waals surface area (Å²) in [5.74, 6) is -0.0827. The van der Waals surface area contributed by atoms with Crippen molar-refractivity contribution in [1.29, 1.82) is 0 Å². The molecule has 0 atom stereocenters. The van der Waals surface area contributed by atoms with Gasteiger partial charge in [-0.05, 0) is 6.92 Å². The first-order valence-electron chi connectivity index (χ1n) is 3.82. The molecule has 8 heteroatoms. The largest absolute Gasteiger partial charge is 0.464 e. The van der Waals surface area contributed by atoms with E-state index >= 15 is 0 Å². The van der Waals surface area contributed by atoms with Crippen molar-refractivity contribution in [1.82, 2.24) is 15.0 Å². The summed E-state index contributed by atoms with van der Waals surface area (Å²) in [6.07, 6.45) is 0. The summed E-state index contributed by atoms with van der Waals surface area (Å²) in [6.45, 7) is 2.15. The Morgan fingerprint density at radius 2 is 2.21 bits per heavy atom. The zero-order chi connectivity index (χ0) is 10.6. The fourth-order valence-electron chi connectivity index (χ4n) is 0.732. The monoisotopic (exact) mass is 198 g/mol. The Balaban J connectivity index is 2.88. The normalized spacial score (nSPS) is 9.50. The number of nitrogens with one attached hydrogen (secondary N) is 1. The van der Waals surface area contributed by atoms with E-state index in [9.17, 15) is 4.79 Å². The van der Waals surface area contributed by atoms with Crippen LogP contribution in [0.4, 0.5) is 16.7 Å². The van der Waals surface area contributed by atoms with Crippen LogP contribution in [0.25, 0.3) is 0 Å². The number of nitrogens with two attached hydrogens (primary N) is 2. The first-order chi connectivity index (χ1) is 6.61. The van der Waals surface area contributed by atoms with Crippen molar-refractivity contribution in [2.24, 2.45) is 5.73 Å². The van der Waals surface area contributed by atoms with E-state index in [0.29, 0.717) is 6.61 Å². The van der Waals surface area contributed by atoms with Crippen molar-refractivity contribution in [3.63, 3.8) is 0 Å². The van der Waals surface area contributed by atoms with Crippen LogP contribution in [0.5, 0.6) is 6.01 Å². The van der Waals surface area contributed by atoms with Gasteiger partial charge in [-0.25, -0.2) is 4.79 Å². The number of carbonyl (C=O) groups excluding carboxylic acids is 1. The molecule has 1 aromatic heterocycles. The van der Waals surface area contributed by atoms with Gasteiger partial charge in [0.2, 0.25) is 11.9 Å². The van der Waals surface area contributed by atoms with Gasteiger partial charge in [-0.2, -0.15) is 15.0 Å². The number of aromatic nitrogens is 3. The van der Waals surface area contributed by atoms with Crippen LogP contribution in [0, 0.1) is 0 Å². The molecule has 1 rings (SSSR count). The number of nitrogen functional groups attached to an aromatic ring is 1. The molecule has 0 radical (unpaired) electrons. The fourth-order valence-corrected chi connectivity index (χ4v) is 0.732. The molecule has 0 aliphatic rings. The molecule has 0 fully saturated rings. The standard InChI is InChI=1S/C6H10N6O2/c1-2-14-6-10-3(7)9-5(12-6)11-4(8)13/h2H2,1H3,(H5,7,8,9,10,11,12,13). The molecule has 0 saturated heterocycles. The Hall–Kier alpha value is -2.12. The summed E-state index contributed by atoms with van der Waals surface area (Å²) in [5.41, 5.74) is 10.2. The number of rotatable bonds is 3. The summed E-state index contributed by atoms with van der Waals surface area (Å²) in [6, 6.07) is -0.734. The maximum absolute atomic E-state index is 10.5. The van der Waals surface area contributed by atoms with Crippen molar-refractivity contribution >= 4 is 17.9 Å². The average Bonchev–Trinajstić information content (AvgIpc) is 2.01. The van der Waals surface area contributed by atoms with Crippen LogP contribution in [-0.4, -0.2) is 27.6 Å². The molecular weight excluding hydrogens is 188 g/mol. The van der Waals surface area contributed by atoms with Crippen LogP contribution in [-0.2, 0) is 0 Å². The number of hydrogen-bond acceptors (Lipinski definition) is 6. The maximum atomic E-state index is 10.5. The van der Waals surface area contributed by atoms with Gasteiger partial charge in [0.25, 0.3) is 0 Å². The van der Waals surface area contributed by atoms with Crippen molar-refractivity contribution < 1.29 is 9.53 Å². The summed E-state index contributed by atoms with van der Waals surface area (Å²) in [4.78, 5) is 21.5. The van der Waals surface area contributed by atoms with E-state index in [0.717, 1.165) is 0 Å². The SMILES string of the molecule is CCOc1nc(N)nc(NC(N)=O)n1. The molecule has 14 heavy (non-hydrogen) atoms. The lowest BCUT2D eigenvalue weighted by molar-refractivity contribution is 0.259. The summed E-state index contributed by atoms with van der Waals surface area (Å²) >= 11 is 0. The van der Waals surface area contributed by atoms with E-state index in [1.807, 2.05) is 0 Å². The minimum atomic E-state index is -0.780. The van der Waals surface area contributed by atoms with Gasteiger partial charge in [0.05, 0.1) is 6.61 Å². The zero-order valence-corrected chi connectivity index (χ0v) is 7.52. The molecule has 0 bridgehead atoms. The van der Waals surface area contributed by atoms with Crippen molar-refractivity contribution in [3.05, 3.63) is 0 Å². The summed E-state index contributed by atoms with van der Waals surface area (Å²) in [5, 5.41) is 2.16. The second kappa shape index (κ2) is 4.21. The van der Waals surface area contributed by atoms with E-state index in [1.165, 1.54) is 0 Å². The molecule has 0 unspecified atom stereocenters. The third-order valence-corrected chi connectivity index (χ3v) is 1.14. The smallest absolute Gasteiger partial charge is 0.323 e. The number of carbonyl (C=O) groups is 1. The Morgan fingerprint density at radius 1 is 1.50 bits per heavy atom. The summed E-state index contributed by atoms with van der Waals surface area (Å²) in [7, 11) is 0. The number of hydrogen-bond donors (Lipinski definition) is 3. The van der Waals surface area contributed by atoms with Gasteiger partial charge in [0, 0.05) is 0 Å².